The molecule has 0 saturated carbocycles. The van der Waals surface area contributed by atoms with Crippen LogP contribution in [-0.4, -0.2) is 35.8 Å². The number of rotatable bonds is 7. The van der Waals surface area contributed by atoms with Gasteiger partial charge in [0.05, 0.1) is 17.9 Å². The fraction of sp³-hybridized carbons (Fsp3) is 0.222. The number of aromatic nitrogens is 1. The summed E-state index contributed by atoms with van der Waals surface area (Å²) < 4.78 is 10.3. The summed E-state index contributed by atoms with van der Waals surface area (Å²) in [4.78, 5) is 27.1. The van der Waals surface area contributed by atoms with E-state index in [0.29, 0.717) is 11.3 Å². The monoisotopic (exact) mass is 341 g/mol. The predicted molar refractivity (Wildman–Crippen MR) is 92.5 cm³/mol. The van der Waals surface area contributed by atoms with Crippen LogP contribution in [0.1, 0.15) is 29.8 Å². The molecule has 0 spiro atoms. The summed E-state index contributed by atoms with van der Waals surface area (Å²) in [6, 6.07) is 10.2. The zero-order chi connectivity index (χ0) is 18.1. The van der Waals surface area contributed by atoms with Crippen molar-refractivity contribution in [3.63, 3.8) is 0 Å². The average molecular weight is 341 g/mol. The number of carbonyl (C=O) groups excluding carboxylic acids is 2. The number of esters is 1. The number of ether oxygens (including phenoxy) is 2. The van der Waals surface area contributed by atoms with Gasteiger partial charge in [0.1, 0.15) is 5.75 Å². The molecule has 2 aromatic rings. The molecule has 130 valence electrons. The summed E-state index contributed by atoms with van der Waals surface area (Å²) in [7, 11) is 0. The van der Waals surface area contributed by atoms with Crippen LogP contribution in [0.2, 0.25) is 0 Å². The van der Waals surface area contributed by atoms with Gasteiger partial charge in [0.25, 0.3) is 5.91 Å². The van der Waals surface area contributed by atoms with Crippen molar-refractivity contribution in [1.82, 2.24) is 10.4 Å². The lowest BCUT2D eigenvalue weighted by Gasteiger charge is -2.09. The summed E-state index contributed by atoms with van der Waals surface area (Å²) >= 11 is 0. The lowest BCUT2D eigenvalue weighted by atomic mass is 10.2. The molecule has 0 radical (unpaired) electrons. The number of carbonyl (C=O) groups is 2. The minimum absolute atomic E-state index is 0.146. The van der Waals surface area contributed by atoms with Gasteiger partial charge in [-0.05, 0) is 55.8 Å². The summed E-state index contributed by atoms with van der Waals surface area (Å²) in [5, 5.41) is 3.89. The Balaban J connectivity index is 1.81. The fourth-order valence-electron chi connectivity index (χ4n) is 1.82. The molecule has 0 aliphatic carbocycles. The summed E-state index contributed by atoms with van der Waals surface area (Å²) in [6.45, 7) is 3.41. The Bertz CT molecular complexity index is 728. The molecule has 1 heterocycles. The number of hydrazone groups is 1. The van der Waals surface area contributed by atoms with E-state index < -0.39 is 5.97 Å². The first-order valence-electron chi connectivity index (χ1n) is 7.70. The van der Waals surface area contributed by atoms with Crippen molar-refractivity contribution in [3.8, 4) is 5.75 Å². The maximum atomic E-state index is 11.8. The molecule has 1 aromatic heterocycles. The number of nitrogens with zero attached hydrogens (tertiary/aromatic N) is 2. The molecule has 25 heavy (non-hydrogen) atoms. The quantitative estimate of drug-likeness (QED) is 0.473. The molecular formula is C18H19N3O4. The van der Waals surface area contributed by atoms with Crippen LogP contribution in [0, 0.1) is 0 Å². The molecule has 1 amide bonds. The molecular weight excluding hydrogens is 322 g/mol. The Kier molecular flexibility index (Phi) is 6.65. The van der Waals surface area contributed by atoms with Crippen molar-refractivity contribution in [2.24, 2.45) is 5.10 Å². The van der Waals surface area contributed by atoms with E-state index in [-0.39, 0.29) is 18.6 Å². The van der Waals surface area contributed by atoms with Crippen LogP contribution in [0.5, 0.6) is 5.75 Å². The highest BCUT2D eigenvalue weighted by Crippen LogP contribution is 2.11. The van der Waals surface area contributed by atoms with Crippen molar-refractivity contribution < 1.29 is 19.1 Å². The fourth-order valence-corrected chi connectivity index (χ4v) is 1.82. The van der Waals surface area contributed by atoms with Gasteiger partial charge in [0.15, 0.2) is 6.61 Å². The lowest BCUT2D eigenvalue weighted by molar-refractivity contribution is -0.149. The standard InChI is InChI=1S/C18H19N3O4/c1-13(2)25-17(22)12-24-16-7-5-14(6-8-16)10-20-21-18(23)15-4-3-9-19-11-15/h3-11,13H,12H2,1-2H3,(H,21,23)/b20-10-. The largest absolute Gasteiger partial charge is 0.482 e. The molecule has 0 bridgehead atoms. The van der Waals surface area contributed by atoms with Gasteiger partial charge >= 0.3 is 5.97 Å². The van der Waals surface area contributed by atoms with E-state index in [0.717, 1.165) is 5.56 Å². The predicted octanol–water partition coefficient (Wildman–Crippen LogP) is 2.18. The van der Waals surface area contributed by atoms with E-state index in [1.54, 1.807) is 56.4 Å². The third-order valence-corrected chi connectivity index (χ3v) is 2.91. The third-order valence-electron chi connectivity index (χ3n) is 2.91. The smallest absolute Gasteiger partial charge is 0.344 e. The highest BCUT2D eigenvalue weighted by atomic mass is 16.6. The molecule has 7 nitrogen and oxygen atoms in total. The van der Waals surface area contributed by atoms with E-state index in [9.17, 15) is 9.59 Å². The Morgan fingerprint density at radius 2 is 2.00 bits per heavy atom. The molecule has 0 aliphatic rings. The number of benzene rings is 1. The molecule has 1 aromatic carbocycles. The van der Waals surface area contributed by atoms with Crippen molar-refractivity contribution in [2.75, 3.05) is 6.61 Å². The van der Waals surface area contributed by atoms with Gasteiger partial charge in [-0.2, -0.15) is 5.10 Å². The maximum absolute atomic E-state index is 11.8. The second-order valence-electron chi connectivity index (χ2n) is 5.34. The molecule has 0 atom stereocenters. The van der Waals surface area contributed by atoms with Gasteiger partial charge in [-0.25, -0.2) is 10.2 Å². The van der Waals surface area contributed by atoms with Crippen LogP contribution >= 0.6 is 0 Å². The highest BCUT2D eigenvalue weighted by molar-refractivity contribution is 5.94. The van der Waals surface area contributed by atoms with Gasteiger partial charge in [0, 0.05) is 12.4 Å². The maximum Gasteiger partial charge on any atom is 0.344 e. The third kappa shape index (κ3) is 6.42. The Hall–Kier alpha value is -3.22. The Morgan fingerprint density at radius 1 is 1.24 bits per heavy atom. The summed E-state index contributed by atoms with van der Waals surface area (Å²) in [6.07, 6.45) is 4.38. The first kappa shape index (κ1) is 18.1. The first-order chi connectivity index (χ1) is 12.0. The molecule has 0 unspecified atom stereocenters. The van der Waals surface area contributed by atoms with Gasteiger partial charge in [-0.1, -0.05) is 0 Å². The van der Waals surface area contributed by atoms with E-state index in [4.69, 9.17) is 9.47 Å². The van der Waals surface area contributed by atoms with Crippen molar-refractivity contribution in [3.05, 3.63) is 59.9 Å². The number of amides is 1. The molecule has 7 heteroatoms. The van der Waals surface area contributed by atoms with Crippen molar-refractivity contribution in [2.45, 2.75) is 20.0 Å². The van der Waals surface area contributed by atoms with Crippen LogP contribution < -0.4 is 10.2 Å². The van der Waals surface area contributed by atoms with E-state index in [1.165, 1.54) is 12.4 Å². The zero-order valence-electron chi connectivity index (χ0n) is 14.0. The minimum Gasteiger partial charge on any atom is -0.482 e. The molecule has 0 aliphatic heterocycles. The topological polar surface area (TPSA) is 89.9 Å². The van der Waals surface area contributed by atoms with Crippen LogP contribution in [0.15, 0.2) is 53.9 Å². The Morgan fingerprint density at radius 3 is 2.64 bits per heavy atom. The normalized spacial score (nSPS) is 10.7. The number of nitrogens with one attached hydrogen (secondary N) is 1. The Labute approximate surface area is 145 Å². The van der Waals surface area contributed by atoms with E-state index >= 15 is 0 Å². The molecule has 0 fully saturated rings. The number of hydrogen-bond donors (Lipinski definition) is 1. The highest BCUT2D eigenvalue weighted by Gasteiger charge is 2.06. The van der Waals surface area contributed by atoms with E-state index in [2.05, 4.69) is 15.5 Å². The number of hydrogen-bond acceptors (Lipinski definition) is 6. The molecule has 2 rings (SSSR count). The molecule has 0 saturated heterocycles. The van der Waals surface area contributed by atoms with Crippen molar-refractivity contribution in [1.29, 1.82) is 0 Å². The van der Waals surface area contributed by atoms with Gasteiger partial charge in [-0.3, -0.25) is 9.78 Å². The van der Waals surface area contributed by atoms with Gasteiger partial charge in [0.2, 0.25) is 0 Å². The van der Waals surface area contributed by atoms with Crippen LogP contribution in [0.25, 0.3) is 0 Å². The van der Waals surface area contributed by atoms with Gasteiger partial charge < -0.3 is 9.47 Å². The van der Waals surface area contributed by atoms with Gasteiger partial charge in [-0.15, -0.1) is 0 Å². The first-order valence-corrected chi connectivity index (χ1v) is 7.70. The van der Waals surface area contributed by atoms with Crippen LogP contribution in [-0.2, 0) is 9.53 Å². The zero-order valence-corrected chi connectivity index (χ0v) is 14.0. The number of pyridine rings is 1. The lowest BCUT2D eigenvalue weighted by Crippen LogP contribution is -2.18. The summed E-state index contributed by atoms with van der Waals surface area (Å²) in [5.41, 5.74) is 3.61. The second-order valence-corrected chi connectivity index (χ2v) is 5.34. The van der Waals surface area contributed by atoms with Crippen LogP contribution in [0.4, 0.5) is 0 Å². The average Bonchev–Trinajstić information content (AvgIpc) is 2.61. The van der Waals surface area contributed by atoms with Crippen LogP contribution in [0.3, 0.4) is 0 Å². The minimum atomic E-state index is -0.418. The second kappa shape index (κ2) is 9.17. The molecule has 1 N–H and O–H groups in total. The van der Waals surface area contributed by atoms with Crippen molar-refractivity contribution >= 4 is 18.1 Å². The van der Waals surface area contributed by atoms with E-state index in [1.807, 2.05) is 0 Å². The SMILES string of the molecule is CC(C)OC(=O)COc1ccc(/C=N\NC(=O)c2cccnc2)cc1. The summed E-state index contributed by atoms with van der Waals surface area (Å²) in [5.74, 6) is -0.219.